The summed E-state index contributed by atoms with van der Waals surface area (Å²) in [6, 6.07) is 10.0. The standard InChI is InChI=1S/C17H18N2O5S/c1-11-7-14(19(20)21)9-17(12(11)2)25(22,23)18-10-15-8-13-5-3-4-6-16(13)24-15/h3-7,9,15,18H,8,10H2,1-2H3. The van der Waals surface area contributed by atoms with Gasteiger partial charge in [-0.15, -0.1) is 0 Å². The molecular weight excluding hydrogens is 344 g/mol. The average Bonchev–Trinajstić information content (AvgIpc) is 2.98. The lowest BCUT2D eigenvalue weighted by atomic mass is 10.1. The van der Waals surface area contributed by atoms with Crippen LogP contribution in [-0.4, -0.2) is 26.0 Å². The van der Waals surface area contributed by atoms with Gasteiger partial charge in [0, 0.05) is 25.1 Å². The van der Waals surface area contributed by atoms with Crippen LogP contribution >= 0.6 is 0 Å². The predicted molar refractivity (Wildman–Crippen MR) is 92.3 cm³/mol. The van der Waals surface area contributed by atoms with Crippen LogP contribution in [0.1, 0.15) is 16.7 Å². The minimum absolute atomic E-state index is 0.0743. The number of nitrogens with one attached hydrogen (secondary N) is 1. The molecule has 2 aromatic rings. The summed E-state index contributed by atoms with van der Waals surface area (Å²) in [6.07, 6.45) is 0.318. The number of nitro groups is 1. The molecule has 132 valence electrons. The molecule has 0 aliphatic carbocycles. The fourth-order valence-electron chi connectivity index (χ4n) is 2.84. The number of non-ortho nitro benzene ring substituents is 1. The fourth-order valence-corrected chi connectivity index (χ4v) is 4.24. The van der Waals surface area contributed by atoms with Crippen molar-refractivity contribution in [1.29, 1.82) is 0 Å². The summed E-state index contributed by atoms with van der Waals surface area (Å²) in [4.78, 5) is 10.3. The molecule has 25 heavy (non-hydrogen) atoms. The molecule has 1 aliphatic rings. The zero-order valence-corrected chi connectivity index (χ0v) is 14.7. The van der Waals surface area contributed by atoms with E-state index in [-0.39, 0.29) is 23.2 Å². The number of benzene rings is 2. The number of hydrogen-bond acceptors (Lipinski definition) is 5. The maximum absolute atomic E-state index is 12.6. The Labute approximate surface area is 145 Å². The summed E-state index contributed by atoms with van der Waals surface area (Å²) in [6.45, 7) is 3.38. The van der Waals surface area contributed by atoms with Gasteiger partial charge in [0.05, 0.1) is 9.82 Å². The molecule has 0 radical (unpaired) electrons. The number of ether oxygens (including phenoxy) is 1. The summed E-state index contributed by atoms with van der Waals surface area (Å²) >= 11 is 0. The summed E-state index contributed by atoms with van der Waals surface area (Å²) in [7, 11) is -3.88. The molecular formula is C17H18N2O5S. The number of fused-ring (bicyclic) bond motifs is 1. The molecule has 0 bridgehead atoms. The van der Waals surface area contributed by atoms with Crippen molar-refractivity contribution in [1.82, 2.24) is 4.72 Å². The van der Waals surface area contributed by atoms with Gasteiger partial charge in [0.15, 0.2) is 0 Å². The van der Waals surface area contributed by atoms with Crippen molar-refractivity contribution in [3.63, 3.8) is 0 Å². The predicted octanol–water partition coefficient (Wildman–Crippen LogP) is 2.49. The van der Waals surface area contributed by atoms with Gasteiger partial charge >= 0.3 is 0 Å². The first kappa shape index (κ1) is 17.4. The van der Waals surface area contributed by atoms with Gasteiger partial charge in [0.1, 0.15) is 11.9 Å². The van der Waals surface area contributed by atoms with Crippen molar-refractivity contribution in [2.45, 2.75) is 31.3 Å². The molecule has 7 nitrogen and oxygen atoms in total. The Morgan fingerprint density at radius 2 is 2.00 bits per heavy atom. The van der Waals surface area contributed by atoms with E-state index in [4.69, 9.17) is 4.74 Å². The van der Waals surface area contributed by atoms with Gasteiger partial charge in [0.2, 0.25) is 10.0 Å². The van der Waals surface area contributed by atoms with Gasteiger partial charge in [-0.25, -0.2) is 13.1 Å². The van der Waals surface area contributed by atoms with Gasteiger partial charge in [-0.1, -0.05) is 18.2 Å². The summed E-state index contributed by atoms with van der Waals surface area (Å²) in [5.41, 5.74) is 1.84. The molecule has 0 saturated heterocycles. The molecule has 1 atom stereocenters. The Hall–Kier alpha value is -2.45. The van der Waals surface area contributed by atoms with Crippen LogP contribution in [-0.2, 0) is 16.4 Å². The van der Waals surface area contributed by atoms with Crippen molar-refractivity contribution in [3.8, 4) is 5.75 Å². The monoisotopic (exact) mass is 362 g/mol. The van der Waals surface area contributed by atoms with Crippen molar-refractivity contribution in [2.24, 2.45) is 0 Å². The second-order valence-corrected chi connectivity index (χ2v) is 7.78. The number of aryl methyl sites for hydroxylation is 1. The van der Waals surface area contributed by atoms with Gasteiger partial charge < -0.3 is 4.74 Å². The van der Waals surface area contributed by atoms with E-state index in [0.717, 1.165) is 17.4 Å². The number of rotatable bonds is 5. The third kappa shape index (κ3) is 3.49. The van der Waals surface area contributed by atoms with Crippen LogP contribution in [0, 0.1) is 24.0 Å². The lowest BCUT2D eigenvalue weighted by Crippen LogP contribution is -2.34. The molecule has 3 rings (SSSR count). The smallest absolute Gasteiger partial charge is 0.271 e. The maximum Gasteiger partial charge on any atom is 0.271 e. The Kier molecular flexibility index (Phi) is 4.49. The SMILES string of the molecule is Cc1cc([N+](=O)[O-])cc(S(=O)(=O)NCC2Cc3ccccc3O2)c1C. The van der Waals surface area contributed by atoms with Crippen LogP contribution in [0.5, 0.6) is 5.75 Å². The minimum atomic E-state index is -3.88. The largest absolute Gasteiger partial charge is 0.488 e. The first-order valence-corrected chi connectivity index (χ1v) is 9.26. The first-order valence-electron chi connectivity index (χ1n) is 7.78. The summed E-state index contributed by atoms with van der Waals surface area (Å²) < 4.78 is 33.5. The molecule has 1 aliphatic heterocycles. The topological polar surface area (TPSA) is 98.5 Å². The Balaban J connectivity index is 1.78. The van der Waals surface area contributed by atoms with Gasteiger partial charge in [-0.2, -0.15) is 0 Å². The molecule has 0 fully saturated rings. The second kappa shape index (κ2) is 6.45. The highest BCUT2D eigenvalue weighted by atomic mass is 32.2. The molecule has 0 saturated carbocycles. The molecule has 1 unspecified atom stereocenters. The van der Waals surface area contributed by atoms with Gasteiger partial charge in [-0.05, 0) is 36.6 Å². The zero-order chi connectivity index (χ0) is 18.2. The van der Waals surface area contributed by atoms with E-state index >= 15 is 0 Å². The molecule has 2 aromatic carbocycles. The van der Waals surface area contributed by atoms with Crippen molar-refractivity contribution in [2.75, 3.05) is 6.54 Å². The van der Waals surface area contributed by atoms with Crippen LogP contribution < -0.4 is 9.46 Å². The lowest BCUT2D eigenvalue weighted by molar-refractivity contribution is -0.385. The quantitative estimate of drug-likeness (QED) is 0.651. The molecule has 0 spiro atoms. The Morgan fingerprint density at radius 3 is 2.68 bits per heavy atom. The highest BCUT2D eigenvalue weighted by Gasteiger charge is 2.27. The zero-order valence-electron chi connectivity index (χ0n) is 13.9. The van der Waals surface area contributed by atoms with Crippen molar-refractivity contribution >= 4 is 15.7 Å². The van der Waals surface area contributed by atoms with E-state index in [1.165, 1.54) is 6.07 Å². The minimum Gasteiger partial charge on any atom is -0.488 e. The van der Waals surface area contributed by atoms with E-state index in [1.807, 2.05) is 24.3 Å². The summed E-state index contributed by atoms with van der Waals surface area (Å²) in [5, 5.41) is 11.0. The normalized spacial score (nSPS) is 16.3. The highest BCUT2D eigenvalue weighted by molar-refractivity contribution is 7.89. The summed E-state index contributed by atoms with van der Waals surface area (Å²) in [5.74, 6) is 0.758. The van der Waals surface area contributed by atoms with E-state index < -0.39 is 14.9 Å². The van der Waals surface area contributed by atoms with Crippen LogP contribution in [0.3, 0.4) is 0 Å². The van der Waals surface area contributed by atoms with Crippen LogP contribution in [0.15, 0.2) is 41.3 Å². The van der Waals surface area contributed by atoms with E-state index in [2.05, 4.69) is 4.72 Å². The second-order valence-electron chi connectivity index (χ2n) is 6.05. The van der Waals surface area contributed by atoms with Crippen molar-refractivity contribution in [3.05, 3.63) is 63.2 Å². The van der Waals surface area contributed by atoms with E-state index in [9.17, 15) is 18.5 Å². The van der Waals surface area contributed by atoms with E-state index in [1.54, 1.807) is 13.8 Å². The number of nitro benzene ring substituents is 1. The maximum atomic E-state index is 12.6. The van der Waals surface area contributed by atoms with E-state index in [0.29, 0.717) is 17.5 Å². The number of nitrogens with zero attached hydrogens (tertiary/aromatic N) is 1. The first-order chi connectivity index (χ1) is 11.8. The fraction of sp³-hybridized carbons (Fsp3) is 0.294. The third-order valence-corrected chi connectivity index (χ3v) is 5.87. The molecule has 0 amide bonds. The van der Waals surface area contributed by atoms with Gasteiger partial charge in [-0.3, -0.25) is 10.1 Å². The molecule has 1 heterocycles. The lowest BCUT2D eigenvalue weighted by Gasteiger charge is -2.14. The van der Waals surface area contributed by atoms with Gasteiger partial charge in [0.25, 0.3) is 5.69 Å². The average molecular weight is 362 g/mol. The third-order valence-electron chi connectivity index (χ3n) is 4.32. The Bertz CT molecular complexity index is 915. The molecule has 8 heteroatoms. The number of hydrogen-bond donors (Lipinski definition) is 1. The van der Waals surface area contributed by atoms with Crippen LogP contribution in [0.25, 0.3) is 0 Å². The molecule has 1 N–H and O–H groups in total. The van der Waals surface area contributed by atoms with Crippen molar-refractivity contribution < 1.29 is 18.1 Å². The Morgan fingerprint density at radius 1 is 1.28 bits per heavy atom. The van der Waals surface area contributed by atoms with Crippen LogP contribution in [0.4, 0.5) is 5.69 Å². The molecule has 0 aromatic heterocycles. The van der Waals surface area contributed by atoms with Crippen LogP contribution in [0.2, 0.25) is 0 Å². The highest BCUT2D eigenvalue weighted by Crippen LogP contribution is 2.29. The number of sulfonamides is 1. The number of para-hydroxylation sites is 1.